The molecule has 1 saturated heterocycles. The van der Waals surface area contributed by atoms with E-state index < -0.39 is 0 Å². The van der Waals surface area contributed by atoms with Crippen LogP contribution in [0.4, 0.5) is 0 Å². The third-order valence-electron chi connectivity index (χ3n) is 4.72. The summed E-state index contributed by atoms with van der Waals surface area (Å²) in [6, 6.07) is 4.27. The van der Waals surface area contributed by atoms with Crippen molar-refractivity contribution < 1.29 is 4.42 Å². The molecule has 2 aromatic heterocycles. The second-order valence-electron chi connectivity index (χ2n) is 6.48. The van der Waals surface area contributed by atoms with Gasteiger partial charge in [0.15, 0.2) is 5.96 Å². The van der Waals surface area contributed by atoms with E-state index in [4.69, 9.17) is 4.42 Å². The Bertz CT molecular complexity index is 682. The zero-order valence-corrected chi connectivity index (χ0v) is 19.3. The molecule has 0 saturated carbocycles. The molecule has 150 valence electrons. The van der Waals surface area contributed by atoms with Gasteiger partial charge >= 0.3 is 0 Å². The number of likely N-dealkylation sites (tertiary alicyclic amines) is 1. The largest absolute Gasteiger partial charge is 0.468 e. The molecule has 2 N–H and O–H groups in total. The maximum atomic E-state index is 5.68. The number of guanidine groups is 1. The first kappa shape index (κ1) is 22.2. The third kappa shape index (κ3) is 6.46. The fraction of sp³-hybridized carbons (Fsp3) is 0.579. The van der Waals surface area contributed by atoms with Crippen LogP contribution in [0.15, 0.2) is 34.0 Å². The lowest BCUT2D eigenvalue weighted by Gasteiger charge is -2.26. The van der Waals surface area contributed by atoms with E-state index in [1.807, 2.05) is 19.3 Å². The molecule has 0 spiro atoms. The fourth-order valence-electron chi connectivity index (χ4n) is 3.27. The highest BCUT2D eigenvalue weighted by Gasteiger charge is 2.25. The Morgan fingerprint density at radius 1 is 1.37 bits per heavy atom. The van der Waals surface area contributed by atoms with Crippen LogP contribution in [-0.4, -0.2) is 49.1 Å². The van der Waals surface area contributed by atoms with Crippen molar-refractivity contribution in [2.24, 2.45) is 4.99 Å². The summed E-state index contributed by atoms with van der Waals surface area (Å²) < 4.78 is 5.68. The van der Waals surface area contributed by atoms with Gasteiger partial charge in [0.25, 0.3) is 0 Å². The van der Waals surface area contributed by atoms with Crippen molar-refractivity contribution in [1.29, 1.82) is 0 Å². The zero-order chi connectivity index (χ0) is 18.2. The molecule has 1 unspecified atom stereocenters. The molecule has 1 aliphatic heterocycles. The van der Waals surface area contributed by atoms with Gasteiger partial charge < -0.3 is 15.1 Å². The van der Waals surface area contributed by atoms with Gasteiger partial charge in [-0.2, -0.15) is 0 Å². The summed E-state index contributed by atoms with van der Waals surface area (Å²) in [7, 11) is 1.81. The quantitative estimate of drug-likeness (QED) is 0.328. The second kappa shape index (κ2) is 11.7. The monoisotopic (exact) mass is 503 g/mol. The van der Waals surface area contributed by atoms with Crippen molar-refractivity contribution in [3.63, 3.8) is 0 Å². The number of nitrogens with zero attached hydrogens (tertiary/aromatic N) is 3. The number of nitrogens with one attached hydrogen (secondary N) is 2. The van der Waals surface area contributed by atoms with Gasteiger partial charge in [-0.3, -0.25) is 9.89 Å². The first-order valence-electron chi connectivity index (χ1n) is 9.45. The van der Waals surface area contributed by atoms with Gasteiger partial charge in [-0.25, -0.2) is 4.98 Å². The van der Waals surface area contributed by atoms with E-state index in [0.717, 1.165) is 50.7 Å². The highest BCUT2D eigenvalue weighted by molar-refractivity contribution is 14.0. The number of furan rings is 1. The van der Waals surface area contributed by atoms with Crippen LogP contribution in [0.2, 0.25) is 0 Å². The van der Waals surface area contributed by atoms with Crippen LogP contribution >= 0.6 is 35.3 Å². The van der Waals surface area contributed by atoms with Crippen LogP contribution in [0.1, 0.15) is 41.5 Å². The smallest absolute Gasteiger partial charge is 0.191 e. The zero-order valence-electron chi connectivity index (χ0n) is 16.1. The molecule has 0 aromatic carbocycles. The summed E-state index contributed by atoms with van der Waals surface area (Å²) in [5.74, 6) is 1.85. The van der Waals surface area contributed by atoms with Crippen LogP contribution in [0.3, 0.4) is 0 Å². The number of hydrogen-bond acceptors (Lipinski definition) is 5. The normalized spacial score (nSPS) is 16.1. The molecular formula is C19H30IN5OS. The van der Waals surface area contributed by atoms with E-state index in [1.165, 1.54) is 22.7 Å². The van der Waals surface area contributed by atoms with Gasteiger partial charge in [-0.05, 0) is 44.5 Å². The maximum Gasteiger partial charge on any atom is 0.191 e. The molecule has 0 bridgehead atoms. The Morgan fingerprint density at radius 2 is 2.19 bits per heavy atom. The van der Waals surface area contributed by atoms with Gasteiger partial charge in [0.05, 0.1) is 17.3 Å². The second-order valence-corrected chi connectivity index (χ2v) is 7.68. The van der Waals surface area contributed by atoms with Crippen molar-refractivity contribution in [2.45, 2.75) is 38.6 Å². The molecule has 3 rings (SSSR count). The molecule has 27 heavy (non-hydrogen) atoms. The van der Waals surface area contributed by atoms with E-state index in [2.05, 4.69) is 38.5 Å². The van der Waals surface area contributed by atoms with E-state index in [1.54, 1.807) is 17.6 Å². The molecular weight excluding hydrogens is 473 g/mol. The molecule has 0 aliphatic carbocycles. The van der Waals surface area contributed by atoms with Crippen molar-refractivity contribution in [3.05, 3.63) is 40.2 Å². The Morgan fingerprint density at radius 3 is 2.81 bits per heavy atom. The molecule has 3 heterocycles. The minimum atomic E-state index is 0. The summed E-state index contributed by atoms with van der Waals surface area (Å²) in [6.07, 6.45) is 8.23. The van der Waals surface area contributed by atoms with E-state index in [9.17, 15) is 0 Å². The number of rotatable bonds is 8. The van der Waals surface area contributed by atoms with Crippen LogP contribution in [-0.2, 0) is 12.8 Å². The van der Waals surface area contributed by atoms with Crippen LogP contribution < -0.4 is 10.6 Å². The predicted octanol–water partition coefficient (Wildman–Crippen LogP) is 3.46. The molecule has 6 nitrogen and oxygen atoms in total. The number of hydrogen-bond donors (Lipinski definition) is 2. The Kier molecular flexibility index (Phi) is 9.57. The average Bonchev–Trinajstić information content (AvgIpc) is 3.42. The highest BCUT2D eigenvalue weighted by atomic mass is 127. The number of aliphatic imine (C=N–C) groups is 1. The Labute approximate surface area is 182 Å². The standard InChI is InChI=1S/C19H29N5OS.HI/c1-3-15-13-22-18(26-15)8-9-21-19(20-2)23-14-16(17-7-6-12-25-17)24-10-4-5-11-24;/h6-7,12-13,16H,3-5,8-11,14H2,1-2H3,(H2,20,21,23);1H. The van der Waals surface area contributed by atoms with Gasteiger partial charge in [0.1, 0.15) is 5.76 Å². The van der Waals surface area contributed by atoms with Crippen molar-refractivity contribution in [3.8, 4) is 0 Å². The van der Waals surface area contributed by atoms with E-state index >= 15 is 0 Å². The van der Waals surface area contributed by atoms with Crippen LogP contribution in [0.25, 0.3) is 0 Å². The lowest BCUT2D eigenvalue weighted by molar-refractivity contribution is 0.215. The number of halogens is 1. The summed E-state index contributed by atoms with van der Waals surface area (Å²) in [4.78, 5) is 12.6. The predicted molar refractivity (Wildman–Crippen MR) is 122 cm³/mol. The van der Waals surface area contributed by atoms with Gasteiger partial charge in [0, 0.05) is 37.6 Å². The molecule has 0 radical (unpaired) electrons. The Hall–Kier alpha value is -1.13. The average molecular weight is 503 g/mol. The molecule has 0 amide bonds. The highest BCUT2D eigenvalue weighted by Crippen LogP contribution is 2.24. The third-order valence-corrected chi connectivity index (χ3v) is 5.92. The van der Waals surface area contributed by atoms with Crippen molar-refractivity contribution >= 4 is 41.3 Å². The molecule has 1 aliphatic rings. The van der Waals surface area contributed by atoms with E-state index in [-0.39, 0.29) is 30.0 Å². The van der Waals surface area contributed by atoms with Gasteiger partial charge in [0.2, 0.25) is 0 Å². The lowest BCUT2D eigenvalue weighted by Crippen LogP contribution is -2.43. The SMILES string of the molecule is CCc1cnc(CCNC(=NC)NCC(c2ccco2)N2CCCC2)s1.I. The number of aromatic nitrogens is 1. The molecule has 2 aromatic rings. The topological polar surface area (TPSA) is 65.7 Å². The van der Waals surface area contributed by atoms with E-state index in [0.29, 0.717) is 0 Å². The number of aryl methyl sites for hydroxylation is 1. The summed E-state index contributed by atoms with van der Waals surface area (Å²) in [5.41, 5.74) is 0. The number of thiazole rings is 1. The summed E-state index contributed by atoms with van der Waals surface area (Å²) >= 11 is 1.80. The molecule has 1 fully saturated rings. The first-order chi connectivity index (χ1) is 12.8. The first-order valence-corrected chi connectivity index (χ1v) is 10.3. The minimum Gasteiger partial charge on any atom is -0.468 e. The molecule has 1 atom stereocenters. The maximum absolute atomic E-state index is 5.68. The summed E-state index contributed by atoms with van der Waals surface area (Å²) in [5, 5.41) is 8.03. The van der Waals surface area contributed by atoms with Crippen LogP contribution in [0, 0.1) is 0 Å². The minimum absolute atomic E-state index is 0. The Balaban J connectivity index is 0.00000261. The summed E-state index contributed by atoms with van der Waals surface area (Å²) in [6.45, 7) is 6.03. The van der Waals surface area contributed by atoms with Crippen LogP contribution in [0.5, 0.6) is 0 Å². The molecule has 8 heteroatoms. The van der Waals surface area contributed by atoms with Gasteiger partial charge in [-0.15, -0.1) is 35.3 Å². The van der Waals surface area contributed by atoms with Gasteiger partial charge in [-0.1, -0.05) is 6.92 Å². The fourth-order valence-corrected chi connectivity index (χ4v) is 4.13. The lowest BCUT2D eigenvalue weighted by atomic mass is 10.2. The van der Waals surface area contributed by atoms with Crippen molar-refractivity contribution in [2.75, 3.05) is 33.2 Å². The van der Waals surface area contributed by atoms with Crippen molar-refractivity contribution in [1.82, 2.24) is 20.5 Å².